The van der Waals surface area contributed by atoms with Gasteiger partial charge in [-0.3, -0.25) is 0 Å². The van der Waals surface area contributed by atoms with Crippen molar-refractivity contribution in [1.29, 1.82) is 0 Å². The van der Waals surface area contributed by atoms with Gasteiger partial charge in [-0.15, -0.1) is 24.8 Å². The van der Waals surface area contributed by atoms with Crippen molar-refractivity contribution in [3.8, 4) is 5.75 Å². The van der Waals surface area contributed by atoms with Gasteiger partial charge in [0.2, 0.25) is 5.95 Å². The first kappa shape index (κ1) is 14.4. The fourth-order valence-electron chi connectivity index (χ4n) is 1.36. The van der Waals surface area contributed by atoms with E-state index in [1.165, 1.54) is 24.3 Å². The molecule has 0 radical (unpaired) electrons. The molecule has 0 fully saturated rings. The second-order valence-electron chi connectivity index (χ2n) is 3.75. The van der Waals surface area contributed by atoms with Crippen LogP contribution in [0.4, 0.5) is 24.8 Å². The van der Waals surface area contributed by atoms with E-state index in [9.17, 15) is 13.2 Å². The molecule has 2 aromatic rings. The number of aromatic nitrogens is 2. The Morgan fingerprint density at radius 3 is 2.20 bits per heavy atom. The van der Waals surface area contributed by atoms with Crippen LogP contribution in [0.15, 0.2) is 36.7 Å². The zero-order chi connectivity index (χ0) is 14.6. The van der Waals surface area contributed by atoms with Gasteiger partial charge in [0, 0.05) is 23.6 Å². The summed E-state index contributed by atoms with van der Waals surface area (Å²) in [5.41, 5.74) is 1.31. The molecule has 1 N–H and O–H groups in total. The largest absolute Gasteiger partial charge is 0.573 e. The summed E-state index contributed by atoms with van der Waals surface area (Å²) < 4.78 is 39.7. The van der Waals surface area contributed by atoms with Gasteiger partial charge in [0.05, 0.1) is 5.88 Å². The highest BCUT2D eigenvalue weighted by Crippen LogP contribution is 2.24. The Kier molecular flexibility index (Phi) is 4.29. The zero-order valence-electron chi connectivity index (χ0n) is 9.99. The quantitative estimate of drug-likeness (QED) is 0.871. The topological polar surface area (TPSA) is 47.0 Å². The Hall–Kier alpha value is -2.02. The number of anilines is 2. The van der Waals surface area contributed by atoms with Gasteiger partial charge in [-0.1, -0.05) is 0 Å². The molecule has 0 atom stereocenters. The van der Waals surface area contributed by atoms with Crippen molar-refractivity contribution in [2.45, 2.75) is 12.2 Å². The lowest BCUT2D eigenvalue weighted by atomic mass is 10.3. The minimum atomic E-state index is -4.70. The number of rotatable bonds is 4. The third-order valence-electron chi connectivity index (χ3n) is 2.20. The third-order valence-corrected chi connectivity index (χ3v) is 2.51. The van der Waals surface area contributed by atoms with E-state index in [1.807, 2.05) is 0 Å². The Balaban J connectivity index is 2.02. The van der Waals surface area contributed by atoms with Crippen LogP contribution in [-0.2, 0) is 5.88 Å². The third kappa shape index (κ3) is 4.27. The summed E-state index contributed by atoms with van der Waals surface area (Å²) in [6.45, 7) is 0. The molecule has 0 aliphatic carbocycles. The molecule has 0 saturated carbocycles. The van der Waals surface area contributed by atoms with E-state index in [0.717, 1.165) is 5.56 Å². The fourth-order valence-corrected chi connectivity index (χ4v) is 1.50. The van der Waals surface area contributed by atoms with Gasteiger partial charge in [-0.05, 0) is 24.3 Å². The molecule has 0 spiro atoms. The van der Waals surface area contributed by atoms with Crippen LogP contribution in [0.1, 0.15) is 5.56 Å². The average Bonchev–Trinajstić information content (AvgIpc) is 2.40. The van der Waals surface area contributed by atoms with Crippen LogP contribution >= 0.6 is 11.6 Å². The Morgan fingerprint density at radius 1 is 1.10 bits per heavy atom. The van der Waals surface area contributed by atoms with Crippen LogP contribution in [0.5, 0.6) is 5.75 Å². The van der Waals surface area contributed by atoms with Crippen molar-refractivity contribution in [3.63, 3.8) is 0 Å². The molecular formula is C12H9ClF3N3O. The smallest absolute Gasteiger partial charge is 0.406 e. The molecule has 1 aromatic heterocycles. The standard InChI is InChI=1S/C12H9ClF3N3O/c13-5-8-6-17-11(18-7-8)19-9-1-3-10(4-2-9)20-12(14,15)16/h1-4,6-7H,5H2,(H,17,18,19). The van der Waals surface area contributed by atoms with Gasteiger partial charge < -0.3 is 10.1 Å². The van der Waals surface area contributed by atoms with E-state index in [4.69, 9.17) is 11.6 Å². The number of hydrogen-bond donors (Lipinski definition) is 1. The molecule has 4 nitrogen and oxygen atoms in total. The highest BCUT2D eigenvalue weighted by molar-refractivity contribution is 6.17. The van der Waals surface area contributed by atoms with Crippen molar-refractivity contribution >= 4 is 23.2 Å². The Labute approximate surface area is 117 Å². The monoisotopic (exact) mass is 303 g/mol. The van der Waals surface area contributed by atoms with Gasteiger partial charge in [-0.2, -0.15) is 0 Å². The summed E-state index contributed by atoms with van der Waals surface area (Å²) in [4.78, 5) is 8.02. The molecular weight excluding hydrogens is 295 g/mol. The number of halogens is 4. The molecule has 1 aromatic carbocycles. The molecule has 1 heterocycles. The highest BCUT2D eigenvalue weighted by atomic mass is 35.5. The first-order valence-electron chi connectivity index (χ1n) is 5.46. The van der Waals surface area contributed by atoms with E-state index in [2.05, 4.69) is 20.0 Å². The summed E-state index contributed by atoms with van der Waals surface area (Å²) >= 11 is 5.60. The van der Waals surface area contributed by atoms with Gasteiger partial charge >= 0.3 is 6.36 Å². The molecule has 0 amide bonds. The fraction of sp³-hybridized carbons (Fsp3) is 0.167. The predicted molar refractivity (Wildman–Crippen MR) is 68.0 cm³/mol. The second kappa shape index (κ2) is 5.96. The molecule has 0 aliphatic heterocycles. The summed E-state index contributed by atoms with van der Waals surface area (Å²) in [7, 11) is 0. The van der Waals surface area contributed by atoms with Gasteiger partial charge in [0.15, 0.2) is 0 Å². The minimum absolute atomic E-state index is 0.290. The molecule has 8 heteroatoms. The molecule has 0 aliphatic rings. The zero-order valence-corrected chi connectivity index (χ0v) is 10.7. The summed E-state index contributed by atoms with van der Waals surface area (Å²) in [5.74, 6) is 0.342. The summed E-state index contributed by atoms with van der Waals surface area (Å²) in [6.07, 6.45) is -1.58. The van der Waals surface area contributed by atoms with E-state index in [-0.39, 0.29) is 5.75 Å². The maximum Gasteiger partial charge on any atom is 0.573 e. The van der Waals surface area contributed by atoms with Crippen LogP contribution in [0, 0.1) is 0 Å². The molecule has 2 rings (SSSR count). The van der Waals surface area contributed by atoms with E-state index >= 15 is 0 Å². The number of nitrogens with one attached hydrogen (secondary N) is 1. The normalized spacial score (nSPS) is 11.2. The van der Waals surface area contributed by atoms with Crippen molar-refractivity contribution in [2.24, 2.45) is 0 Å². The number of hydrogen-bond acceptors (Lipinski definition) is 4. The number of ether oxygens (including phenoxy) is 1. The maximum atomic E-state index is 12.0. The van der Waals surface area contributed by atoms with E-state index in [0.29, 0.717) is 17.5 Å². The van der Waals surface area contributed by atoms with Crippen molar-refractivity contribution < 1.29 is 17.9 Å². The molecule has 0 unspecified atom stereocenters. The Bertz CT molecular complexity index is 558. The molecule has 106 valence electrons. The number of benzene rings is 1. The number of alkyl halides is 4. The second-order valence-corrected chi connectivity index (χ2v) is 4.01. The van der Waals surface area contributed by atoms with Crippen LogP contribution in [-0.4, -0.2) is 16.3 Å². The Morgan fingerprint density at radius 2 is 1.70 bits per heavy atom. The first-order chi connectivity index (χ1) is 9.46. The number of nitrogens with zero attached hydrogens (tertiary/aromatic N) is 2. The highest BCUT2D eigenvalue weighted by Gasteiger charge is 2.30. The SMILES string of the molecule is FC(F)(F)Oc1ccc(Nc2ncc(CCl)cn2)cc1. The van der Waals surface area contributed by atoms with Gasteiger partial charge in [-0.25, -0.2) is 9.97 Å². The average molecular weight is 304 g/mol. The van der Waals surface area contributed by atoms with Crippen LogP contribution < -0.4 is 10.1 Å². The summed E-state index contributed by atoms with van der Waals surface area (Å²) in [5, 5.41) is 2.84. The molecule has 20 heavy (non-hydrogen) atoms. The summed E-state index contributed by atoms with van der Waals surface area (Å²) in [6, 6.07) is 5.26. The first-order valence-corrected chi connectivity index (χ1v) is 5.99. The van der Waals surface area contributed by atoms with Gasteiger partial charge in [0.1, 0.15) is 5.75 Å². The lowest BCUT2D eigenvalue weighted by Gasteiger charge is -2.09. The van der Waals surface area contributed by atoms with Crippen LogP contribution in [0.25, 0.3) is 0 Å². The van der Waals surface area contributed by atoms with Crippen molar-refractivity contribution in [3.05, 3.63) is 42.2 Å². The minimum Gasteiger partial charge on any atom is -0.406 e. The molecule has 0 saturated heterocycles. The van der Waals surface area contributed by atoms with Crippen molar-refractivity contribution in [2.75, 3.05) is 5.32 Å². The predicted octanol–water partition coefficient (Wildman–Crippen LogP) is 3.86. The van der Waals surface area contributed by atoms with Crippen LogP contribution in [0.3, 0.4) is 0 Å². The van der Waals surface area contributed by atoms with E-state index in [1.54, 1.807) is 12.4 Å². The van der Waals surface area contributed by atoms with Crippen LogP contribution in [0.2, 0.25) is 0 Å². The van der Waals surface area contributed by atoms with Crippen molar-refractivity contribution in [1.82, 2.24) is 9.97 Å². The lowest BCUT2D eigenvalue weighted by molar-refractivity contribution is -0.274. The van der Waals surface area contributed by atoms with E-state index < -0.39 is 6.36 Å². The molecule has 0 bridgehead atoms. The lowest BCUT2D eigenvalue weighted by Crippen LogP contribution is -2.16. The van der Waals surface area contributed by atoms with Gasteiger partial charge in [0.25, 0.3) is 0 Å². The maximum absolute atomic E-state index is 12.0.